The fraction of sp³-hybridized carbons (Fsp3) is 0.357. The van der Waals surface area contributed by atoms with Gasteiger partial charge in [-0.1, -0.05) is 85.6 Å². The van der Waals surface area contributed by atoms with Crippen molar-refractivity contribution in [1.82, 2.24) is 4.90 Å². The first-order valence-corrected chi connectivity index (χ1v) is 11.3. The molecule has 3 nitrogen and oxygen atoms in total. The SMILES string of the molecule is COc1cccc([C@]2(O)CCCC[C@H]2CN(Cc2ccccc2)Cc2ccccc2)c1. The Morgan fingerprint density at radius 3 is 2.13 bits per heavy atom. The first-order valence-electron chi connectivity index (χ1n) is 11.3. The van der Waals surface area contributed by atoms with E-state index in [1.54, 1.807) is 7.11 Å². The van der Waals surface area contributed by atoms with Gasteiger partial charge < -0.3 is 9.84 Å². The third-order valence-electron chi connectivity index (χ3n) is 6.58. The molecule has 0 radical (unpaired) electrons. The molecule has 2 atom stereocenters. The van der Waals surface area contributed by atoms with Crippen LogP contribution in [0, 0.1) is 5.92 Å². The van der Waals surface area contributed by atoms with Crippen molar-refractivity contribution < 1.29 is 9.84 Å². The molecule has 3 heteroatoms. The van der Waals surface area contributed by atoms with E-state index in [9.17, 15) is 5.11 Å². The molecule has 31 heavy (non-hydrogen) atoms. The smallest absolute Gasteiger partial charge is 0.119 e. The van der Waals surface area contributed by atoms with Crippen molar-refractivity contribution in [3.8, 4) is 5.75 Å². The van der Waals surface area contributed by atoms with Crippen LogP contribution in [0.25, 0.3) is 0 Å². The summed E-state index contributed by atoms with van der Waals surface area (Å²) in [5.74, 6) is 0.987. The Bertz CT molecular complexity index is 902. The fourth-order valence-electron chi connectivity index (χ4n) is 4.92. The summed E-state index contributed by atoms with van der Waals surface area (Å²) in [6.45, 7) is 2.61. The molecule has 0 bridgehead atoms. The molecule has 4 rings (SSSR count). The van der Waals surface area contributed by atoms with Gasteiger partial charge in [-0.05, 0) is 41.7 Å². The minimum absolute atomic E-state index is 0.181. The van der Waals surface area contributed by atoms with Gasteiger partial charge in [-0.3, -0.25) is 4.90 Å². The van der Waals surface area contributed by atoms with Crippen LogP contribution in [0.2, 0.25) is 0 Å². The molecular formula is C28H33NO2. The second kappa shape index (κ2) is 10.1. The lowest BCUT2D eigenvalue weighted by atomic mass is 9.71. The monoisotopic (exact) mass is 415 g/mol. The van der Waals surface area contributed by atoms with Crippen molar-refractivity contribution >= 4 is 0 Å². The molecular weight excluding hydrogens is 382 g/mol. The third kappa shape index (κ3) is 5.36. The van der Waals surface area contributed by atoms with Crippen molar-refractivity contribution in [3.05, 3.63) is 102 Å². The van der Waals surface area contributed by atoms with Crippen LogP contribution in [0.1, 0.15) is 42.4 Å². The van der Waals surface area contributed by atoms with E-state index in [-0.39, 0.29) is 5.92 Å². The number of benzene rings is 3. The molecule has 162 valence electrons. The molecule has 1 N–H and O–H groups in total. The number of rotatable bonds is 8. The molecule has 0 amide bonds. The fourth-order valence-corrected chi connectivity index (χ4v) is 4.92. The topological polar surface area (TPSA) is 32.7 Å². The highest BCUT2D eigenvalue weighted by Gasteiger charge is 2.41. The maximum absolute atomic E-state index is 11.9. The third-order valence-corrected chi connectivity index (χ3v) is 6.58. The molecule has 1 fully saturated rings. The number of methoxy groups -OCH3 is 1. The summed E-state index contributed by atoms with van der Waals surface area (Å²) in [4.78, 5) is 2.49. The second-order valence-corrected chi connectivity index (χ2v) is 8.74. The Morgan fingerprint density at radius 2 is 1.52 bits per heavy atom. The molecule has 1 aliphatic carbocycles. The van der Waals surface area contributed by atoms with Crippen molar-refractivity contribution in [2.45, 2.75) is 44.4 Å². The summed E-state index contributed by atoms with van der Waals surface area (Å²) in [6.07, 6.45) is 4.06. The van der Waals surface area contributed by atoms with Crippen LogP contribution in [-0.4, -0.2) is 23.7 Å². The zero-order valence-corrected chi connectivity index (χ0v) is 18.4. The second-order valence-electron chi connectivity index (χ2n) is 8.74. The van der Waals surface area contributed by atoms with Crippen LogP contribution in [0.5, 0.6) is 5.75 Å². The Balaban J connectivity index is 1.59. The summed E-state index contributed by atoms with van der Waals surface area (Å²) in [5.41, 5.74) is 2.77. The van der Waals surface area contributed by atoms with Gasteiger partial charge in [-0.2, -0.15) is 0 Å². The Morgan fingerprint density at radius 1 is 0.871 bits per heavy atom. The zero-order valence-electron chi connectivity index (χ0n) is 18.4. The number of hydrogen-bond donors (Lipinski definition) is 1. The lowest BCUT2D eigenvalue weighted by molar-refractivity contribution is -0.0674. The maximum atomic E-state index is 11.9. The number of nitrogens with zero attached hydrogens (tertiary/aromatic N) is 1. The van der Waals surface area contributed by atoms with Gasteiger partial charge in [-0.15, -0.1) is 0 Å². The van der Waals surface area contributed by atoms with E-state index >= 15 is 0 Å². The standard InChI is InChI=1S/C28H33NO2/c1-31-27-17-10-16-25(19-27)28(30)18-9-8-15-26(28)22-29(20-23-11-4-2-5-12-23)21-24-13-6-3-7-14-24/h2-7,10-14,16-17,19,26,30H,8-9,15,18,20-22H2,1H3/t26-,28+/m0/s1. The van der Waals surface area contributed by atoms with Gasteiger partial charge in [0, 0.05) is 25.6 Å². The molecule has 1 saturated carbocycles. The van der Waals surface area contributed by atoms with E-state index in [2.05, 4.69) is 71.6 Å². The van der Waals surface area contributed by atoms with Crippen molar-refractivity contribution in [2.24, 2.45) is 5.92 Å². The summed E-state index contributed by atoms with van der Waals surface area (Å²) >= 11 is 0. The van der Waals surface area contributed by atoms with E-state index < -0.39 is 5.60 Å². The Kier molecular flexibility index (Phi) is 7.06. The van der Waals surface area contributed by atoms with Gasteiger partial charge in [0.25, 0.3) is 0 Å². The van der Waals surface area contributed by atoms with Crippen LogP contribution >= 0.6 is 0 Å². The van der Waals surface area contributed by atoms with Crippen LogP contribution < -0.4 is 4.74 Å². The summed E-state index contributed by atoms with van der Waals surface area (Å²) in [6, 6.07) is 29.3. The first-order chi connectivity index (χ1) is 15.2. The minimum atomic E-state index is -0.821. The van der Waals surface area contributed by atoms with Gasteiger partial charge in [0.2, 0.25) is 0 Å². The van der Waals surface area contributed by atoms with E-state index in [4.69, 9.17) is 4.74 Å². The van der Waals surface area contributed by atoms with Crippen LogP contribution in [0.4, 0.5) is 0 Å². The highest BCUT2D eigenvalue weighted by atomic mass is 16.5. The van der Waals surface area contributed by atoms with E-state index in [1.807, 2.05) is 18.2 Å². The maximum Gasteiger partial charge on any atom is 0.119 e. The minimum Gasteiger partial charge on any atom is -0.497 e. The average Bonchev–Trinajstić information content (AvgIpc) is 2.82. The van der Waals surface area contributed by atoms with Crippen molar-refractivity contribution in [1.29, 1.82) is 0 Å². The van der Waals surface area contributed by atoms with Gasteiger partial charge in [0.05, 0.1) is 12.7 Å². The molecule has 0 heterocycles. The Hall–Kier alpha value is -2.62. The molecule has 3 aromatic rings. The van der Waals surface area contributed by atoms with Crippen LogP contribution in [-0.2, 0) is 18.7 Å². The van der Waals surface area contributed by atoms with Gasteiger partial charge in [0.15, 0.2) is 0 Å². The first kappa shape index (κ1) is 21.6. The molecule has 0 spiro atoms. The highest BCUT2D eigenvalue weighted by molar-refractivity contribution is 5.33. The lowest BCUT2D eigenvalue weighted by Gasteiger charge is -2.43. The molecule has 0 saturated heterocycles. The van der Waals surface area contributed by atoms with Crippen LogP contribution in [0.15, 0.2) is 84.9 Å². The van der Waals surface area contributed by atoms with E-state index in [0.717, 1.165) is 50.2 Å². The number of ether oxygens (including phenoxy) is 1. The predicted molar refractivity (Wildman–Crippen MR) is 126 cm³/mol. The number of aliphatic hydroxyl groups is 1. The number of hydrogen-bond acceptors (Lipinski definition) is 3. The van der Waals surface area contributed by atoms with Gasteiger partial charge in [-0.25, -0.2) is 0 Å². The molecule has 0 aliphatic heterocycles. The van der Waals surface area contributed by atoms with E-state index in [0.29, 0.717) is 0 Å². The van der Waals surface area contributed by atoms with Gasteiger partial charge in [0.1, 0.15) is 5.75 Å². The van der Waals surface area contributed by atoms with Crippen LogP contribution in [0.3, 0.4) is 0 Å². The molecule has 0 aromatic heterocycles. The zero-order chi connectivity index (χ0) is 21.5. The molecule has 3 aromatic carbocycles. The normalized spacial score (nSPS) is 21.2. The van der Waals surface area contributed by atoms with Crippen molar-refractivity contribution in [3.63, 3.8) is 0 Å². The lowest BCUT2D eigenvalue weighted by Crippen LogP contribution is -2.44. The largest absolute Gasteiger partial charge is 0.497 e. The highest BCUT2D eigenvalue weighted by Crippen LogP contribution is 2.43. The quantitative estimate of drug-likeness (QED) is 0.506. The predicted octanol–water partition coefficient (Wildman–Crippen LogP) is 5.78. The molecule has 0 unspecified atom stereocenters. The summed E-state index contributed by atoms with van der Waals surface area (Å²) in [5, 5.41) is 11.9. The summed E-state index contributed by atoms with van der Waals surface area (Å²) < 4.78 is 5.44. The average molecular weight is 416 g/mol. The summed E-state index contributed by atoms with van der Waals surface area (Å²) in [7, 11) is 1.68. The molecule has 1 aliphatic rings. The Labute approximate surface area is 186 Å². The van der Waals surface area contributed by atoms with E-state index in [1.165, 1.54) is 17.5 Å². The van der Waals surface area contributed by atoms with Gasteiger partial charge >= 0.3 is 0 Å². The van der Waals surface area contributed by atoms with Crippen molar-refractivity contribution in [2.75, 3.05) is 13.7 Å².